The molecule has 0 radical (unpaired) electrons. The van der Waals surface area contributed by atoms with Gasteiger partial charge in [0.15, 0.2) is 11.6 Å². The average molecular weight is 429 g/mol. The number of hydrogen-bond donors (Lipinski definition) is 0. The molecule has 2 aromatic heterocycles. The summed E-state index contributed by atoms with van der Waals surface area (Å²) in [7, 11) is 0. The van der Waals surface area contributed by atoms with Gasteiger partial charge in [-0.2, -0.15) is 0 Å². The molecule has 0 bridgehead atoms. The summed E-state index contributed by atoms with van der Waals surface area (Å²) in [5.74, 6) is 1.06. The number of tetrazole rings is 1. The van der Waals surface area contributed by atoms with E-state index in [-0.39, 0.29) is 17.5 Å². The van der Waals surface area contributed by atoms with Crippen molar-refractivity contribution in [1.82, 2.24) is 30.0 Å². The molecule has 30 heavy (non-hydrogen) atoms. The van der Waals surface area contributed by atoms with Gasteiger partial charge < -0.3 is 9.32 Å². The van der Waals surface area contributed by atoms with Gasteiger partial charge in [0.05, 0.1) is 17.8 Å². The highest BCUT2D eigenvalue weighted by Crippen LogP contribution is 2.31. The van der Waals surface area contributed by atoms with Crippen LogP contribution in [-0.4, -0.2) is 62.1 Å². The van der Waals surface area contributed by atoms with Gasteiger partial charge in [-0.15, -0.1) is 5.10 Å². The molecular formula is C21H25ClN6O2. The number of halogens is 1. The Kier molecular flexibility index (Phi) is 5.62. The third-order valence-electron chi connectivity index (χ3n) is 5.26. The van der Waals surface area contributed by atoms with Crippen LogP contribution in [0, 0.1) is 0 Å². The lowest BCUT2D eigenvalue weighted by molar-refractivity contribution is 0.0556. The lowest BCUT2D eigenvalue weighted by Crippen LogP contribution is -2.50. The lowest BCUT2D eigenvalue weighted by Gasteiger charge is -2.39. The number of aromatic nitrogens is 4. The molecule has 1 fully saturated rings. The first-order valence-corrected chi connectivity index (χ1v) is 10.3. The molecule has 0 spiro atoms. The molecule has 1 unspecified atom stereocenters. The van der Waals surface area contributed by atoms with Gasteiger partial charge in [-0.1, -0.05) is 23.7 Å². The van der Waals surface area contributed by atoms with Gasteiger partial charge in [0.1, 0.15) is 0 Å². The van der Waals surface area contributed by atoms with E-state index in [4.69, 9.17) is 16.0 Å². The molecule has 8 nitrogen and oxygen atoms in total. The lowest BCUT2D eigenvalue weighted by atomic mass is 10.0. The number of nitrogens with zero attached hydrogens (tertiary/aromatic N) is 6. The summed E-state index contributed by atoms with van der Waals surface area (Å²) < 4.78 is 7.14. The molecule has 1 aliphatic rings. The Balaban J connectivity index is 1.61. The highest BCUT2D eigenvalue weighted by atomic mass is 35.5. The zero-order valence-corrected chi connectivity index (χ0v) is 18.1. The zero-order chi connectivity index (χ0) is 21.3. The second kappa shape index (κ2) is 8.20. The number of piperazine rings is 1. The largest absolute Gasteiger partial charge is 0.459 e. The SMILES string of the molecule is CC(C)(C)n1nnnc1C(c1ccc(Cl)cc1)N1CCN(C(=O)c2ccco2)CC1. The van der Waals surface area contributed by atoms with Gasteiger partial charge in [0.2, 0.25) is 0 Å². The number of benzene rings is 1. The third-order valence-corrected chi connectivity index (χ3v) is 5.51. The quantitative estimate of drug-likeness (QED) is 0.634. The molecule has 4 rings (SSSR count). The van der Waals surface area contributed by atoms with E-state index in [0.717, 1.165) is 11.4 Å². The summed E-state index contributed by atoms with van der Waals surface area (Å²) in [6, 6.07) is 11.1. The summed E-state index contributed by atoms with van der Waals surface area (Å²) in [5.41, 5.74) is 0.797. The first kappa shape index (κ1) is 20.6. The molecule has 0 N–H and O–H groups in total. The number of rotatable bonds is 4. The molecule has 9 heteroatoms. The first-order chi connectivity index (χ1) is 14.3. The van der Waals surface area contributed by atoms with Gasteiger partial charge in [-0.3, -0.25) is 9.69 Å². The van der Waals surface area contributed by atoms with Crippen LogP contribution in [0.15, 0.2) is 47.1 Å². The molecule has 158 valence electrons. The van der Waals surface area contributed by atoms with E-state index in [9.17, 15) is 4.79 Å². The minimum atomic E-state index is -0.263. The number of carbonyl (C=O) groups is 1. The maximum absolute atomic E-state index is 12.6. The highest BCUT2D eigenvalue weighted by Gasteiger charge is 2.34. The molecular weight excluding hydrogens is 404 g/mol. The highest BCUT2D eigenvalue weighted by molar-refractivity contribution is 6.30. The number of hydrogen-bond acceptors (Lipinski definition) is 6. The number of carbonyl (C=O) groups excluding carboxylic acids is 1. The van der Waals surface area contributed by atoms with Crippen LogP contribution in [0.5, 0.6) is 0 Å². The minimum absolute atomic E-state index is 0.0813. The Bertz CT molecular complexity index is 985. The molecule has 3 heterocycles. The molecule has 1 aliphatic heterocycles. The van der Waals surface area contributed by atoms with Crippen LogP contribution in [0.4, 0.5) is 0 Å². The van der Waals surface area contributed by atoms with Crippen molar-refractivity contribution in [3.63, 3.8) is 0 Å². The zero-order valence-electron chi connectivity index (χ0n) is 17.3. The van der Waals surface area contributed by atoms with Crippen molar-refractivity contribution in [2.45, 2.75) is 32.4 Å². The third kappa shape index (κ3) is 4.11. The van der Waals surface area contributed by atoms with E-state index in [1.165, 1.54) is 6.26 Å². The van der Waals surface area contributed by atoms with Crippen molar-refractivity contribution in [2.75, 3.05) is 26.2 Å². The average Bonchev–Trinajstić information content (AvgIpc) is 3.42. The molecule has 1 atom stereocenters. The Morgan fingerprint density at radius 1 is 1.10 bits per heavy atom. The fourth-order valence-corrected chi connectivity index (χ4v) is 3.88. The monoisotopic (exact) mass is 428 g/mol. The van der Waals surface area contributed by atoms with Crippen molar-refractivity contribution in [3.05, 3.63) is 64.8 Å². The van der Waals surface area contributed by atoms with Crippen LogP contribution in [0.3, 0.4) is 0 Å². The minimum Gasteiger partial charge on any atom is -0.459 e. The predicted molar refractivity (Wildman–Crippen MR) is 112 cm³/mol. The number of amides is 1. The summed E-state index contributed by atoms with van der Waals surface area (Å²) >= 11 is 6.12. The fraction of sp³-hybridized carbons (Fsp3) is 0.429. The van der Waals surface area contributed by atoms with Crippen molar-refractivity contribution < 1.29 is 9.21 Å². The smallest absolute Gasteiger partial charge is 0.289 e. The van der Waals surface area contributed by atoms with E-state index >= 15 is 0 Å². The second-order valence-corrected chi connectivity index (χ2v) is 8.82. The van der Waals surface area contributed by atoms with E-state index in [2.05, 4.69) is 41.2 Å². The predicted octanol–water partition coefficient (Wildman–Crippen LogP) is 3.22. The van der Waals surface area contributed by atoms with Crippen LogP contribution in [0.25, 0.3) is 0 Å². The summed E-state index contributed by atoms with van der Waals surface area (Å²) in [6.07, 6.45) is 1.52. The first-order valence-electron chi connectivity index (χ1n) is 9.95. The van der Waals surface area contributed by atoms with Gasteiger partial charge in [-0.25, -0.2) is 4.68 Å². The van der Waals surface area contributed by atoms with Crippen LogP contribution < -0.4 is 0 Å². The Hall–Kier alpha value is -2.71. The molecule has 1 aromatic carbocycles. The summed E-state index contributed by atoms with van der Waals surface area (Å²) in [4.78, 5) is 16.8. The van der Waals surface area contributed by atoms with E-state index < -0.39 is 0 Å². The van der Waals surface area contributed by atoms with E-state index in [1.54, 1.807) is 12.1 Å². The van der Waals surface area contributed by atoms with Gasteiger partial charge >= 0.3 is 0 Å². The van der Waals surface area contributed by atoms with Crippen LogP contribution in [-0.2, 0) is 5.54 Å². The Morgan fingerprint density at radius 2 is 1.80 bits per heavy atom. The van der Waals surface area contributed by atoms with Crippen molar-refractivity contribution >= 4 is 17.5 Å². The molecule has 1 saturated heterocycles. The maximum Gasteiger partial charge on any atom is 0.289 e. The number of furan rings is 1. The van der Waals surface area contributed by atoms with Crippen molar-refractivity contribution in [2.24, 2.45) is 0 Å². The summed E-state index contributed by atoms with van der Waals surface area (Å²) in [5, 5.41) is 13.3. The molecule has 1 amide bonds. The summed E-state index contributed by atoms with van der Waals surface area (Å²) in [6.45, 7) is 8.80. The molecule has 0 aliphatic carbocycles. The van der Waals surface area contributed by atoms with Crippen molar-refractivity contribution in [3.8, 4) is 0 Å². The fourth-order valence-electron chi connectivity index (χ4n) is 3.75. The van der Waals surface area contributed by atoms with E-state index in [0.29, 0.717) is 37.0 Å². The van der Waals surface area contributed by atoms with Crippen LogP contribution in [0.1, 0.15) is 48.8 Å². The van der Waals surface area contributed by atoms with Gasteiger partial charge in [-0.05, 0) is 61.0 Å². The topological polar surface area (TPSA) is 80.3 Å². The van der Waals surface area contributed by atoms with Crippen molar-refractivity contribution in [1.29, 1.82) is 0 Å². The molecule has 3 aromatic rings. The van der Waals surface area contributed by atoms with Gasteiger partial charge in [0.25, 0.3) is 5.91 Å². The Labute approximate surface area is 180 Å². The Morgan fingerprint density at radius 3 is 2.40 bits per heavy atom. The van der Waals surface area contributed by atoms with Crippen LogP contribution >= 0.6 is 11.6 Å². The maximum atomic E-state index is 12.6. The standard InChI is InChI=1S/C21H25ClN6O2/c1-21(2,3)28-19(23-24-25-28)18(15-6-8-16(22)9-7-15)26-10-12-27(13-11-26)20(29)17-5-4-14-30-17/h4-9,14,18H,10-13H2,1-3H3. The molecule has 0 saturated carbocycles. The normalized spacial score (nSPS) is 16.6. The second-order valence-electron chi connectivity index (χ2n) is 8.38. The van der Waals surface area contributed by atoms with E-state index in [1.807, 2.05) is 33.8 Å². The van der Waals surface area contributed by atoms with Gasteiger partial charge in [0, 0.05) is 31.2 Å². The van der Waals surface area contributed by atoms with Crippen LogP contribution in [0.2, 0.25) is 5.02 Å².